The van der Waals surface area contributed by atoms with E-state index in [0.29, 0.717) is 18.1 Å². The SMILES string of the molecule is Fc1ccc(CNCc2nccs2)c(Cl)c1. The van der Waals surface area contributed by atoms with Gasteiger partial charge >= 0.3 is 0 Å². The van der Waals surface area contributed by atoms with Crippen LogP contribution < -0.4 is 5.32 Å². The summed E-state index contributed by atoms with van der Waals surface area (Å²) >= 11 is 7.50. The molecule has 2 nitrogen and oxygen atoms in total. The van der Waals surface area contributed by atoms with E-state index in [4.69, 9.17) is 11.6 Å². The molecule has 0 radical (unpaired) electrons. The van der Waals surface area contributed by atoms with Gasteiger partial charge in [-0.25, -0.2) is 9.37 Å². The van der Waals surface area contributed by atoms with Crippen molar-refractivity contribution in [2.24, 2.45) is 0 Å². The number of rotatable bonds is 4. The molecule has 0 aliphatic heterocycles. The van der Waals surface area contributed by atoms with Gasteiger partial charge in [-0.3, -0.25) is 0 Å². The minimum absolute atomic E-state index is 0.311. The van der Waals surface area contributed by atoms with Crippen LogP contribution >= 0.6 is 22.9 Å². The molecule has 1 N–H and O–H groups in total. The number of thiazole rings is 1. The molecule has 1 aromatic carbocycles. The zero-order valence-electron chi connectivity index (χ0n) is 8.41. The summed E-state index contributed by atoms with van der Waals surface area (Å²) in [6.07, 6.45) is 1.77. The molecule has 0 saturated carbocycles. The predicted molar refractivity (Wildman–Crippen MR) is 64.1 cm³/mol. The minimum atomic E-state index is -0.311. The maximum atomic E-state index is 12.8. The zero-order valence-corrected chi connectivity index (χ0v) is 9.98. The molecule has 5 heteroatoms. The molecule has 0 atom stereocenters. The van der Waals surface area contributed by atoms with Crippen LogP contribution in [0, 0.1) is 5.82 Å². The van der Waals surface area contributed by atoms with E-state index in [1.807, 2.05) is 5.38 Å². The van der Waals surface area contributed by atoms with Gasteiger partial charge in [0.1, 0.15) is 10.8 Å². The summed E-state index contributed by atoms with van der Waals surface area (Å²) in [6.45, 7) is 1.31. The van der Waals surface area contributed by atoms with Crippen LogP contribution in [0.25, 0.3) is 0 Å². The Morgan fingerprint density at radius 3 is 2.94 bits per heavy atom. The van der Waals surface area contributed by atoms with Crippen LogP contribution in [0.2, 0.25) is 5.02 Å². The number of benzene rings is 1. The average molecular weight is 257 g/mol. The molecular weight excluding hydrogens is 247 g/mol. The van der Waals surface area contributed by atoms with Gasteiger partial charge in [0.25, 0.3) is 0 Å². The Labute approximate surface area is 102 Å². The molecule has 0 aliphatic rings. The molecule has 2 rings (SSSR count). The lowest BCUT2D eigenvalue weighted by Crippen LogP contribution is -2.12. The summed E-state index contributed by atoms with van der Waals surface area (Å²) in [6, 6.07) is 4.42. The lowest BCUT2D eigenvalue weighted by Gasteiger charge is -2.05. The maximum Gasteiger partial charge on any atom is 0.124 e. The lowest BCUT2D eigenvalue weighted by atomic mass is 10.2. The second kappa shape index (κ2) is 5.39. The zero-order chi connectivity index (χ0) is 11.4. The quantitative estimate of drug-likeness (QED) is 0.909. The first-order valence-electron chi connectivity index (χ1n) is 4.79. The first kappa shape index (κ1) is 11.5. The van der Waals surface area contributed by atoms with Crippen molar-refractivity contribution in [1.29, 1.82) is 0 Å². The minimum Gasteiger partial charge on any atom is -0.306 e. The first-order valence-corrected chi connectivity index (χ1v) is 6.04. The van der Waals surface area contributed by atoms with E-state index in [0.717, 1.165) is 10.6 Å². The Morgan fingerprint density at radius 2 is 2.25 bits per heavy atom. The van der Waals surface area contributed by atoms with Gasteiger partial charge in [0.05, 0.1) is 0 Å². The van der Waals surface area contributed by atoms with Gasteiger partial charge in [-0.05, 0) is 17.7 Å². The van der Waals surface area contributed by atoms with Crippen molar-refractivity contribution < 1.29 is 4.39 Å². The third kappa shape index (κ3) is 3.01. The Bertz CT molecular complexity index is 459. The molecule has 0 fully saturated rings. The molecule has 0 spiro atoms. The van der Waals surface area contributed by atoms with Crippen molar-refractivity contribution in [3.8, 4) is 0 Å². The Kier molecular flexibility index (Phi) is 3.88. The summed E-state index contributed by atoms with van der Waals surface area (Å²) in [7, 11) is 0. The van der Waals surface area contributed by atoms with Gasteiger partial charge in [-0.1, -0.05) is 17.7 Å². The molecule has 16 heavy (non-hydrogen) atoms. The van der Waals surface area contributed by atoms with Crippen LogP contribution in [0.1, 0.15) is 10.6 Å². The van der Waals surface area contributed by atoms with E-state index in [1.165, 1.54) is 12.1 Å². The fourth-order valence-electron chi connectivity index (χ4n) is 1.31. The van der Waals surface area contributed by atoms with Crippen molar-refractivity contribution >= 4 is 22.9 Å². The summed E-state index contributed by atoms with van der Waals surface area (Å²) in [5.74, 6) is -0.311. The summed E-state index contributed by atoms with van der Waals surface area (Å²) in [5, 5.41) is 6.61. The number of halogens is 2. The van der Waals surface area contributed by atoms with Crippen molar-refractivity contribution in [2.75, 3.05) is 0 Å². The predicted octanol–water partition coefficient (Wildman–Crippen LogP) is 3.23. The Morgan fingerprint density at radius 1 is 1.38 bits per heavy atom. The van der Waals surface area contributed by atoms with Gasteiger partial charge < -0.3 is 5.32 Å². The molecule has 0 unspecified atom stereocenters. The molecule has 1 aromatic heterocycles. The second-order valence-corrected chi connectivity index (χ2v) is 4.65. The topological polar surface area (TPSA) is 24.9 Å². The summed E-state index contributed by atoms with van der Waals surface area (Å²) < 4.78 is 12.8. The molecule has 84 valence electrons. The van der Waals surface area contributed by atoms with Gasteiger partial charge in [-0.2, -0.15) is 0 Å². The van der Waals surface area contributed by atoms with E-state index >= 15 is 0 Å². The highest BCUT2D eigenvalue weighted by molar-refractivity contribution is 7.09. The number of hydrogen-bond donors (Lipinski definition) is 1. The van der Waals surface area contributed by atoms with Crippen molar-refractivity contribution in [2.45, 2.75) is 13.1 Å². The molecule has 0 bridgehead atoms. The monoisotopic (exact) mass is 256 g/mol. The highest BCUT2D eigenvalue weighted by atomic mass is 35.5. The lowest BCUT2D eigenvalue weighted by molar-refractivity contribution is 0.625. The Hall–Kier alpha value is -0.970. The largest absolute Gasteiger partial charge is 0.306 e. The van der Waals surface area contributed by atoms with Gasteiger partial charge in [0.15, 0.2) is 0 Å². The average Bonchev–Trinajstić information content (AvgIpc) is 2.74. The van der Waals surface area contributed by atoms with E-state index in [9.17, 15) is 4.39 Å². The first-order chi connectivity index (χ1) is 7.75. The van der Waals surface area contributed by atoms with E-state index < -0.39 is 0 Å². The van der Waals surface area contributed by atoms with Crippen LogP contribution in [0.3, 0.4) is 0 Å². The third-order valence-electron chi connectivity index (χ3n) is 2.09. The van der Waals surface area contributed by atoms with E-state index in [-0.39, 0.29) is 5.82 Å². The fourth-order valence-corrected chi connectivity index (χ4v) is 2.13. The third-order valence-corrected chi connectivity index (χ3v) is 3.22. The standard InChI is InChI=1S/C11H10ClFN2S/c12-10-5-9(13)2-1-8(10)6-14-7-11-15-3-4-16-11/h1-5,14H,6-7H2. The molecule has 2 aromatic rings. The van der Waals surface area contributed by atoms with Crippen LogP contribution in [-0.2, 0) is 13.1 Å². The number of nitrogens with zero attached hydrogens (tertiary/aromatic N) is 1. The highest BCUT2D eigenvalue weighted by Gasteiger charge is 2.02. The Balaban J connectivity index is 1.90. The van der Waals surface area contributed by atoms with Crippen LogP contribution in [0.4, 0.5) is 4.39 Å². The number of nitrogens with one attached hydrogen (secondary N) is 1. The highest BCUT2D eigenvalue weighted by Crippen LogP contribution is 2.17. The molecule has 0 amide bonds. The van der Waals surface area contributed by atoms with Crippen LogP contribution in [0.5, 0.6) is 0 Å². The molecule has 0 aliphatic carbocycles. The summed E-state index contributed by atoms with van der Waals surface area (Å²) in [5.41, 5.74) is 0.889. The fraction of sp³-hybridized carbons (Fsp3) is 0.182. The van der Waals surface area contributed by atoms with Gasteiger partial charge in [0, 0.05) is 29.7 Å². The van der Waals surface area contributed by atoms with Crippen molar-refractivity contribution in [1.82, 2.24) is 10.3 Å². The van der Waals surface area contributed by atoms with Gasteiger partial charge in [-0.15, -0.1) is 11.3 Å². The van der Waals surface area contributed by atoms with Crippen molar-refractivity contribution in [3.63, 3.8) is 0 Å². The van der Waals surface area contributed by atoms with Crippen molar-refractivity contribution in [3.05, 3.63) is 51.2 Å². The van der Waals surface area contributed by atoms with Gasteiger partial charge in [0.2, 0.25) is 0 Å². The second-order valence-electron chi connectivity index (χ2n) is 3.27. The number of hydrogen-bond acceptors (Lipinski definition) is 3. The molecule has 0 saturated heterocycles. The van der Waals surface area contributed by atoms with Crippen LogP contribution in [0.15, 0.2) is 29.8 Å². The van der Waals surface area contributed by atoms with E-state index in [2.05, 4.69) is 10.3 Å². The van der Waals surface area contributed by atoms with E-state index in [1.54, 1.807) is 23.6 Å². The molecular formula is C11H10ClFN2S. The maximum absolute atomic E-state index is 12.8. The molecule has 1 heterocycles. The normalized spacial score (nSPS) is 10.6. The number of aromatic nitrogens is 1. The summed E-state index contributed by atoms with van der Waals surface area (Å²) in [4.78, 5) is 4.15. The smallest absolute Gasteiger partial charge is 0.124 e. The van der Waals surface area contributed by atoms with Crippen LogP contribution in [-0.4, -0.2) is 4.98 Å².